The molecule has 3 nitrogen and oxygen atoms in total. The van der Waals surface area contributed by atoms with E-state index in [2.05, 4.69) is 37.9 Å². The SMILES string of the molecule is CCCN1CC(CC(C)(C)C)CC(NC(=O)C(C)C)C1. The van der Waals surface area contributed by atoms with E-state index in [1.54, 1.807) is 0 Å². The average molecular weight is 282 g/mol. The van der Waals surface area contributed by atoms with E-state index in [0.29, 0.717) is 17.4 Å². The number of nitrogens with zero attached hydrogens (tertiary/aromatic N) is 1. The third kappa shape index (κ3) is 6.25. The molecule has 0 spiro atoms. The Bertz CT molecular complexity index is 307. The van der Waals surface area contributed by atoms with Crippen molar-refractivity contribution in [1.82, 2.24) is 10.2 Å². The van der Waals surface area contributed by atoms with Crippen molar-refractivity contribution in [2.24, 2.45) is 17.3 Å². The Morgan fingerprint density at radius 1 is 1.30 bits per heavy atom. The van der Waals surface area contributed by atoms with Gasteiger partial charge in [-0.25, -0.2) is 0 Å². The Morgan fingerprint density at radius 2 is 1.95 bits per heavy atom. The lowest BCUT2D eigenvalue weighted by molar-refractivity contribution is -0.125. The van der Waals surface area contributed by atoms with Crippen LogP contribution in [0.2, 0.25) is 0 Å². The number of piperidine rings is 1. The number of likely N-dealkylation sites (tertiary alicyclic amines) is 1. The van der Waals surface area contributed by atoms with Gasteiger partial charge in [0.05, 0.1) is 0 Å². The molecular formula is C17H34N2O. The summed E-state index contributed by atoms with van der Waals surface area (Å²) in [6.45, 7) is 16.5. The molecule has 1 N–H and O–H groups in total. The van der Waals surface area contributed by atoms with Crippen LogP contribution in [0, 0.1) is 17.3 Å². The van der Waals surface area contributed by atoms with Gasteiger partial charge in [0.1, 0.15) is 0 Å². The first-order valence-corrected chi connectivity index (χ1v) is 8.24. The lowest BCUT2D eigenvalue weighted by Crippen LogP contribution is -2.52. The van der Waals surface area contributed by atoms with Gasteiger partial charge in [-0.2, -0.15) is 0 Å². The van der Waals surface area contributed by atoms with E-state index in [9.17, 15) is 4.79 Å². The lowest BCUT2D eigenvalue weighted by Gasteiger charge is -2.40. The van der Waals surface area contributed by atoms with Crippen LogP contribution < -0.4 is 5.32 Å². The van der Waals surface area contributed by atoms with Gasteiger partial charge in [0.25, 0.3) is 0 Å². The van der Waals surface area contributed by atoms with E-state index in [1.165, 1.54) is 19.4 Å². The van der Waals surface area contributed by atoms with Crippen molar-refractivity contribution in [2.45, 2.75) is 66.8 Å². The van der Waals surface area contributed by atoms with Crippen LogP contribution in [0.15, 0.2) is 0 Å². The van der Waals surface area contributed by atoms with Gasteiger partial charge >= 0.3 is 0 Å². The van der Waals surface area contributed by atoms with E-state index >= 15 is 0 Å². The largest absolute Gasteiger partial charge is 0.352 e. The summed E-state index contributed by atoms with van der Waals surface area (Å²) in [6.07, 6.45) is 3.56. The van der Waals surface area contributed by atoms with Crippen LogP contribution in [0.1, 0.15) is 60.8 Å². The quantitative estimate of drug-likeness (QED) is 0.839. The van der Waals surface area contributed by atoms with Gasteiger partial charge in [-0.05, 0) is 37.1 Å². The second kappa shape index (κ2) is 7.44. The van der Waals surface area contributed by atoms with Gasteiger partial charge in [-0.1, -0.05) is 41.5 Å². The van der Waals surface area contributed by atoms with E-state index < -0.39 is 0 Å². The van der Waals surface area contributed by atoms with E-state index in [1.807, 2.05) is 13.8 Å². The van der Waals surface area contributed by atoms with E-state index in [0.717, 1.165) is 19.5 Å². The molecule has 0 saturated carbocycles. The summed E-state index contributed by atoms with van der Waals surface area (Å²) in [5.41, 5.74) is 0.368. The fourth-order valence-corrected chi connectivity index (χ4v) is 3.29. The Labute approximate surface area is 125 Å². The van der Waals surface area contributed by atoms with Crippen molar-refractivity contribution in [2.75, 3.05) is 19.6 Å². The number of hydrogen-bond acceptors (Lipinski definition) is 2. The summed E-state index contributed by atoms with van der Waals surface area (Å²) in [5, 5.41) is 3.24. The van der Waals surface area contributed by atoms with Crippen molar-refractivity contribution in [3.63, 3.8) is 0 Å². The molecule has 0 aromatic rings. The molecule has 1 aliphatic heterocycles. The fraction of sp³-hybridized carbons (Fsp3) is 0.941. The second-order valence-electron chi connectivity index (χ2n) is 7.99. The first kappa shape index (κ1) is 17.5. The number of carbonyl (C=O) groups is 1. The second-order valence-corrected chi connectivity index (χ2v) is 7.99. The van der Waals surface area contributed by atoms with Crippen LogP contribution in [0.4, 0.5) is 0 Å². The first-order valence-electron chi connectivity index (χ1n) is 8.24. The Kier molecular flexibility index (Phi) is 6.50. The molecule has 2 unspecified atom stereocenters. The van der Waals surface area contributed by atoms with Gasteiger partial charge < -0.3 is 10.2 Å². The van der Waals surface area contributed by atoms with Crippen LogP contribution >= 0.6 is 0 Å². The Balaban J connectivity index is 2.62. The number of carbonyl (C=O) groups excluding carboxylic acids is 1. The Morgan fingerprint density at radius 3 is 2.45 bits per heavy atom. The molecule has 1 heterocycles. The summed E-state index contributed by atoms with van der Waals surface area (Å²) in [5.74, 6) is 0.980. The van der Waals surface area contributed by atoms with Gasteiger partial charge in [0.15, 0.2) is 0 Å². The number of nitrogens with one attached hydrogen (secondary N) is 1. The lowest BCUT2D eigenvalue weighted by atomic mass is 9.80. The summed E-state index contributed by atoms with van der Waals surface area (Å²) < 4.78 is 0. The van der Waals surface area contributed by atoms with Crippen LogP contribution in [-0.2, 0) is 4.79 Å². The Hall–Kier alpha value is -0.570. The molecular weight excluding hydrogens is 248 g/mol. The van der Waals surface area contributed by atoms with Gasteiger partial charge in [-0.3, -0.25) is 4.79 Å². The third-order valence-corrected chi connectivity index (χ3v) is 3.92. The van der Waals surface area contributed by atoms with Gasteiger partial charge in [0, 0.05) is 25.0 Å². The fourth-order valence-electron chi connectivity index (χ4n) is 3.29. The van der Waals surface area contributed by atoms with Gasteiger partial charge in [0.2, 0.25) is 5.91 Å². The highest BCUT2D eigenvalue weighted by Crippen LogP contribution is 2.30. The van der Waals surface area contributed by atoms with Crippen molar-refractivity contribution >= 4 is 5.91 Å². The van der Waals surface area contributed by atoms with Crippen LogP contribution in [0.25, 0.3) is 0 Å². The first-order chi connectivity index (χ1) is 9.21. The summed E-state index contributed by atoms with van der Waals surface area (Å²) in [7, 11) is 0. The minimum absolute atomic E-state index is 0.0811. The monoisotopic (exact) mass is 282 g/mol. The average Bonchev–Trinajstić information content (AvgIpc) is 2.26. The molecule has 0 aromatic carbocycles. The standard InChI is InChI=1S/C17H34N2O/c1-7-8-19-11-14(10-17(4,5)6)9-15(12-19)18-16(20)13(2)3/h13-15H,7-12H2,1-6H3,(H,18,20). The normalized spacial score (nSPS) is 24.9. The van der Waals surface area contributed by atoms with Crippen LogP contribution in [0.5, 0.6) is 0 Å². The molecule has 2 atom stereocenters. The smallest absolute Gasteiger partial charge is 0.222 e. The van der Waals surface area contributed by atoms with Gasteiger partial charge in [-0.15, -0.1) is 0 Å². The minimum Gasteiger partial charge on any atom is -0.352 e. The highest BCUT2D eigenvalue weighted by Gasteiger charge is 2.30. The minimum atomic E-state index is 0.0811. The van der Waals surface area contributed by atoms with Crippen LogP contribution in [-0.4, -0.2) is 36.5 Å². The molecule has 1 saturated heterocycles. The predicted octanol–water partition coefficient (Wildman–Crippen LogP) is 3.30. The molecule has 3 heteroatoms. The third-order valence-electron chi connectivity index (χ3n) is 3.92. The summed E-state index contributed by atoms with van der Waals surface area (Å²) in [4.78, 5) is 14.5. The van der Waals surface area contributed by atoms with E-state index in [-0.39, 0.29) is 11.8 Å². The molecule has 1 aliphatic rings. The van der Waals surface area contributed by atoms with Crippen molar-refractivity contribution in [3.8, 4) is 0 Å². The molecule has 20 heavy (non-hydrogen) atoms. The summed E-state index contributed by atoms with van der Waals surface area (Å²) >= 11 is 0. The maximum atomic E-state index is 11.9. The van der Waals surface area contributed by atoms with E-state index in [4.69, 9.17) is 0 Å². The zero-order chi connectivity index (χ0) is 15.3. The molecule has 1 amide bonds. The number of hydrogen-bond donors (Lipinski definition) is 1. The molecule has 0 aromatic heterocycles. The molecule has 0 radical (unpaired) electrons. The zero-order valence-electron chi connectivity index (χ0n) is 14.3. The molecule has 118 valence electrons. The maximum absolute atomic E-state index is 11.9. The predicted molar refractivity (Wildman–Crippen MR) is 85.7 cm³/mol. The summed E-state index contributed by atoms with van der Waals surface area (Å²) in [6, 6.07) is 0.331. The number of amides is 1. The molecule has 0 bridgehead atoms. The molecule has 1 fully saturated rings. The van der Waals surface area contributed by atoms with Crippen LogP contribution in [0.3, 0.4) is 0 Å². The molecule has 1 rings (SSSR count). The zero-order valence-corrected chi connectivity index (χ0v) is 14.3. The van der Waals surface area contributed by atoms with Crippen molar-refractivity contribution < 1.29 is 4.79 Å². The topological polar surface area (TPSA) is 32.3 Å². The number of rotatable bonds is 5. The highest BCUT2D eigenvalue weighted by atomic mass is 16.1. The van der Waals surface area contributed by atoms with Crippen molar-refractivity contribution in [1.29, 1.82) is 0 Å². The maximum Gasteiger partial charge on any atom is 0.222 e. The highest BCUT2D eigenvalue weighted by molar-refractivity contribution is 5.78. The van der Waals surface area contributed by atoms with Crippen molar-refractivity contribution in [3.05, 3.63) is 0 Å². The molecule has 0 aliphatic carbocycles.